The van der Waals surface area contributed by atoms with Gasteiger partial charge in [-0.05, 0) is 50.0 Å². The minimum Gasteiger partial charge on any atom is -0.316 e. The largest absolute Gasteiger partial charge is 0.316 e. The molecule has 1 atom stereocenters. The van der Waals surface area contributed by atoms with Crippen LogP contribution in [0.15, 0.2) is 18.2 Å². The van der Waals surface area contributed by atoms with Crippen molar-refractivity contribution in [3.63, 3.8) is 0 Å². The van der Waals surface area contributed by atoms with E-state index in [1.165, 1.54) is 12.1 Å². The summed E-state index contributed by atoms with van der Waals surface area (Å²) < 4.78 is 13.5. The Kier molecular flexibility index (Phi) is 4.13. The van der Waals surface area contributed by atoms with Crippen LogP contribution in [0.3, 0.4) is 0 Å². The van der Waals surface area contributed by atoms with Crippen molar-refractivity contribution in [2.75, 3.05) is 13.1 Å². The molecule has 1 saturated heterocycles. The predicted molar refractivity (Wildman–Crippen MR) is 66.0 cm³/mol. The van der Waals surface area contributed by atoms with Gasteiger partial charge < -0.3 is 5.32 Å². The van der Waals surface area contributed by atoms with Crippen LogP contribution in [-0.4, -0.2) is 18.9 Å². The third-order valence-corrected chi connectivity index (χ3v) is 3.34. The van der Waals surface area contributed by atoms with Crippen LogP contribution in [0.4, 0.5) is 4.39 Å². The molecule has 1 aromatic rings. The molecule has 0 aromatic heterocycles. The zero-order valence-electron chi connectivity index (χ0n) is 9.51. The summed E-state index contributed by atoms with van der Waals surface area (Å²) >= 11 is 5.65. The summed E-state index contributed by atoms with van der Waals surface area (Å²) in [6, 6.07) is 4.21. The van der Waals surface area contributed by atoms with E-state index in [2.05, 4.69) is 5.32 Å². The van der Waals surface area contributed by atoms with Crippen molar-refractivity contribution in [2.24, 2.45) is 5.92 Å². The van der Waals surface area contributed by atoms with Gasteiger partial charge in [0.25, 0.3) is 0 Å². The molecule has 2 rings (SSSR count). The Labute approximate surface area is 105 Å². The van der Waals surface area contributed by atoms with Gasteiger partial charge in [0, 0.05) is 11.4 Å². The van der Waals surface area contributed by atoms with E-state index in [-0.39, 0.29) is 11.3 Å². The van der Waals surface area contributed by atoms with Crippen molar-refractivity contribution >= 4 is 17.4 Å². The van der Waals surface area contributed by atoms with Crippen molar-refractivity contribution in [3.8, 4) is 0 Å². The van der Waals surface area contributed by atoms with E-state index in [0.717, 1.165) is 25.9 Å². The molecule has 0 saturated carbocycles. The Bertz CT molecular complexity index is 416. The number of hydrogen-bond acceptors (Lipinski definition) is 2. The lowest BCUT2D eigenvalue weighted by Gasteiger charge is -2.21. The van der Waals surface area contributed by atoms with Crippen LogP contribution in [0.25, 0.3) is 0 Å². The Hall–Kier alpha value is -0.930. The average Bonchev–Trinajstić information content (AvgIpc) is 2.30. The second kappa shape index (κ2) is 5.61. The number of carbonyl (C=O) groups excluding carboxylic acids is 1. The molecular weight excluding hydrogens is 241 g/mol. The van der Waals surface area contributed by atoms with Crippen molar-refractivity contribution in [3.05, 3.63) is 34.6 Å². The maximum absolute atomic E-state index is 13.5. The smallest absolute Gasteiger partial charge is 0.166 e. The number of halogens is 2. The second-order valence-electron chi connectivity index (χ2n) is 4.46. The number of Topliss-reactive ketones (excluding diaryl/α,β-unsaturated/α-hetero) is 1. The van der Waals surface area contributed by atoms with Gasteiger partial charge in [-0.2, -0.15) is 0 Å². The van der Waals surface area contributed by atoms with Gasteiger partial charge in [0.05, 0.1) is 5.56 Å². The van der Waals surface area contributed by atoms with Crippen molar-refractivity contribution in [1.82, 2.24) is 5.32 Å². The molecule has 17 heavy (non-hydrogen) atoms. The molecule has 0 bridgehead atoms. The maximum Gasteiger partial charge on any atom is 0.166 e. The zero-order chi connectivity index (χ0) is 12.3. The SMILES string of the molecule is O=C(CC1CCCNC1)c1ccc(Cl)cc1F. The van der Waals surface area contributed by atoms with Gasteiger partial charge >= 0.3 is 0 Å². The molecule has 2 nitrogen and oxygen atoms in total. The fraction of sp³-hybridized carbons (Fsp3) is 0.462. The molecule has 1 fully saturated rings. The van der Waals surface area contributed by atoms with E-state index in [4.69, 9.17) is 11.6 Å². The molecule has 92 valence electrons. The standard InChI is InChI=1S/C13H15ClFNO/c14-10-3-4-11(12(15)7-10)13(17)6-9-2-1-5-16-8-9/h3-4,7,9,16H,1-2,5-6,8H2. The molecule has 1 unspecified atom stereocenters. The molecule has 0 amide bonds. The van der Waals surface area contributed by atoms with Crippen molar-refractivity contribution in [2.45, 2.75) is 19.3 Å². The van der Waals surface area contributed by atoms with Crippen LogP contribution in [0.2, 0.25) is 5.02 Å². The second-order valence-corrected chi connectivity index (χ2v) is 4.90. The summed E-state index contributed by atoms with van der Waals surface area (Å²) in [5.74, 6) is -0.328. The summed E-state index contributed by atoms with van der Waals surface area (Å²) in [6.45, 7) is 1.86. The van der Waals surface area contributed by atoms with Gasteiger partial charge in [-0.25, -0.2) is 4.39 Å². The summed E-state index contributed by atoms with van der Waals surface area (Å²) in [6.07, 6.45) is 2.53. The number of ketones is 1. The predicted octanol–water partition coefficient (Wildman–Crippen LogP) is 3.05. The number of piperidine rings is 1. The summed E-state index contributed by atoms with van der Waals surface area (Å²) in [7, 11) is 0. The quantitative estimate of drug-likeness (QED) is 0.841. The molecule has 0 aliphatic carbocycles. The zero-order valence-corrected chi connectivity index (χ0v) is 10.3. The molecule has 1 aliphatic rings. The normalized spacial score (nSPS) is 20.2. The maximum atomic E-state index is 13.5. The lowest BCUT2D eigenvalue weighted by molar-refractivity contribution is 0.0950. The van der Waals surface area contributed by atoms with E-state index in [9.17, 15) is 9.18 Å². The fourth-order valence-electron chi connectivity index (χ4n) is 2.19. The molecule has 0 radical (unpaired) electrons. The molecule has 1 heterocycles. The fourth-order valence-corrected chi connectivity index (χ4v) is 2.34. The third kappa shape index (κ3) is 3.27. The first kappa shape index (κ1) is 12.5. The Balaban J connectivity index is 2.03. The van der Waals surface area contributed by atoms with Gasteiger partial charge in [0.1, 0.15) is 5.82 Å². The highest BCUT2D eigenvalue weighted by Gasteiger charge is 2.19. The van der Waals surface area contributed by atoms with Crippen LogP contribution in [0.5, 0.6) is 0 Å². The highest BCUT2D eigenvalue weighted by Crippen LogP contribution is 2.20. The summed E-state index contributed by atoms with van der Waals surface area (Å²) in [5, 5.41) is 3.57. The molecule has 1 N–H and O–H groups in total. The number of rotatable bonds is 3. The molecule has 4 heteroatoms. The van der Waals surface area contributed by atoms with E-state index in [1.54, 1.807) is 6.07 Å². The Morgan fingerprint density at radius 3 is 3.00 bits per heavy atom. The molecular formula is C13H15ClFNO. The third-order valence-electron chi connectivity index (χ3n) is 3.10. The lowest BCUT2D eigenvalue weighted by Crippen LogP contribution is -2.31. The molecule has 0 spiro atoms. The van der Waals surface area contributed by atoms with Gasteiger partial charge in [-0.3, -0.25) is 4.79 Å². The van der Waals surface area contributed by atoms with Gasteiger partial charge in [0.2, 0.25) is 0 Å². The number of benzene rings is 1. The Morgan fingerprint density at radius 1 is 1.53 bits per heavy atom. The first-order chi connectivity index (χ1) is 8.16. The van der Waals surface area contributed by atoms with Crippen LogP contribution >= 0.6 is 11.6 Å². The number of nitrogens with one attached hydrogen (secondary N) is 1. The summed E-state index contributed by atoms with van der Waals surface area (Å²) in [5.41, 5.74) is 0.153. The van der Waals surface area contributed by atoms with Crippen LogP contribution in [-0.2, 0) is 0 Å². The van der Waals surface area contributed by atoms with Gasteiger partial charge in [-0.1, -0.05) is 11.6 Å². The van der Waals surface area contributed by atoms with Gasteiger partial charge in [-0.15, -0.1) is 0 Å². The van der Waals surface area contributed by atoms with Crippen molar-refractivity contribution < 1.29 is 9.18 Å². The van der Waals surface area contributed by atoms with Crippen LogP contribution < -0.4 is 5.32 Å². The first-order valence-corrected chi connectivity index (χ1v) is 6.23. The van der Waals surface area contributed by atoms with Crippen LogP contribution in [0.1, 0.15) is 29.6 Å². The number of carbonyl (C=O) groups is 1. The molecule has 1 aromatic carbocycles. The molecule has 1 aliphatic heterocycles. The minimum absolute atomic E-state index is 0.132. The summed E-state index contributed by atoms with van der Waals surface area (Å²) in [4.78, 5) is 11.9. The topological polar surface area (TPSA) is 29.1 Å². The van der Waals surface area contributed by atoms with Crippen molar-refractivity contribution in [1.29, 1.82) is 0 Å². The lowest BCUT2D eigenvalue weighted by atomic mass is 9.92. The number of hydrogen-bond donors (Lipinski definition) is 1. The highest BCUT2D eigenvalue weighted by molar-refractivity contribution is 6.30. The monoisotopic (exact) mass is 255 g/mol. The van der Waals surface area contributed by atoms with E-state index < -0.39 is 5.82 Å². The van der Waals surface area contributed by atoms with E-state index >= 15 is 0 Å². The van der Waals surface area contributed by atoms with Crippen LogP contribution in [0, 0.1) is 11.7 Å². The van der Waals surface area contributed by atoms with E-state index in [1.807, 2.05) is 0 Å². The van der Waals surface area contributed by atoms with Gasteiger partial charge in [0.15, 0.2) is 5.78 Å². The minimum atomic E-state index is -0.522. The van der Waals surface area contributed by atoms with E-state index in [0.29, 0.717) is 17.4 Å². The Morgan fingerprint density at radius 2 is 2.35 bits per heavy atom. The first-order valence-electron chi connectivity index (χ1n) is 5.86. The highest BCUT2D eigenvalue weighted by atomic mass is 35.5. The average molecular weight is 256 g/mol.